The van der Waals surface area contributed by atoms with Crippen LogP contribution in [0.2, 0.25) is 0 Å². The number of nitrogens with zero attached hydrogens (tertiary/aromatic N) is 2. The van der Waals surface area contributed by atoms with Gasteiger partial charge in [-0.3, -0.25) is 4.18 Å². The Kier molecular flexibility index (Phi) is 7.02. The maximum Gasteiger partial charge on any atom is 0.264 e. The van der Waals surface area contributed by atoms with Crippen LogP contribution in [0.15, 0.2) is 46.9 Å². The highest BCUT2D eigenvalue weighted by Crippen LogP contribution is 2.30. The minimum atomic E-state index is -3.58. The maximum absolute atomic E-state index is 11.5. The third-order valence-corrected chi connectivity index (χ3v) is 5.84. The molecule has 0 N–H and O–H groups in total. The number of anilines is 1. The molecule has 0 saturated heterocycles. The van der Waals surface area contributed by atoms with Crippen LogP contribution in [0, 0.1) is 0 Å². The Morgan fingerprint density at radius 2 is 1.70 bits per heavy atom. The van der Waals surface area contributed by atoms with E-state index in [9.17, 15) is 8.42 Å². The summed E-state index contributed by atoms with van der Waals surface area (Å²) in [6.45, 7) is 7.29. The summed E-state index contributed by atoms with van der Waals surface area (Å²) >= 11 is 0. The molecule has 178 valence electrons. The molecule has 0 fully saturated rings. The highest BCUT2D eigenvalue weighted by atomic mass is 32.2. The third-order valence-electron chi connectivity index (χ3n) is 5.09. The van der Waals surface area contributed by atoms with Gasteiger partial charge in [0.15, 0.2) is 5.58 Å². The second kappa shape index (κ2) is 9.29. The van der Waals surface area contributed by atoms with Gasteiger partial charge in [-0.05, 0) is 69.2 Å². The van der Waals surface area contributed by atoms with Gasteiger partial charge in [-0.15, -0.1) is 0 Å². The summed E-state index contributed by atoms with van der Waals surface area (Å²) in [5.41, 5.74) is 2.80. The molecule has 0 aliphatic carbocycles. The molecular weight excluding hydrogens is 440 g/mol. The van der Waals surface area contributed by atoms with Crippen molar-refractivity contribution in [2.45, 2.75) is 38.9 Å². The first-order chi connectivity index (χ1) is 15.2. The summed E-state index contributed by atoms with van der Waals surface area (Å²) in [5, 5.41) is 0. The van der Waals surface area contributed by atoms with Gasteiger partial charge >= 0.3 is 0 Å². The van der Waals surface area contributed by atoms with Crippen molar-refractivity contribution in [2.24, 2.45) is 0 Å². The van der Waals surface area contributed by atoms with Gasteiger partial charge in [0.25, 0.3) is 10.1 Å². The predicted octanol–water partition coefficient (Wildman–Crippen LogP) is 5.07. The van der Waals surface area contributed by atoms with Crippen LogP contribution in [0.5, 0.6) is 0 Å². The fourth-order valence-electron chi connectivity index (χ4n) is 3.31. The summed E-state index contributed by atoms with van der Waals surface area (Å²) in [5.74, 6) is 0.514. The van der Waals surface area contributed by atoms with Crippen LogP contribution >= 0.6 is 0 Å². The Morgan fingerprint density at radius 3 is 2.30 bits per heavy atom. The lowest BCUT2D eigenvalue weighted by Gasteiger charge is -2.31. The molecule has 33 heavy (non-hydrogen) atoms. The molecule has 0 aliphatic heterocycles. The molecule has 0 spiro atoms. The number of rotatable bonds is 9. The fourth-order valence-corrected chi connectivity index (χ4v) is 4.18. The van der Waals surface area contributed by atoms with Crippen molar-refractivity contribution in [1.29, 1.82) is 0 Å². The second-order valence-corrected chi connectivity index (χ2v) is 11.0. The summed E-state index contributed by atoms with van der Waals surface area (Å²) in [4.78, 5) is 6.59. The summed E-state index contributed by atoms with van der Waals surface area (Å²) in [6, 6.07) is 13.9. The molecule has 1 heterocycles. The van der Waals surface area contributed by atoms with Gasteiger partial charge in [0.05, 0.1) is 18.5 Å². The first kappa shape index (κ1) is 25.0. The number of hydrogen-bond acceptors (Lipinski definition) is 7. The highest BCUT2D eigenvalue weighted by Gasteiger charge is 2.30. The molecule has 0 unspecified atom stereocenters. The zero-order valence-electron chi connectivity index (χ0n) is 20.2. The van der Waals surface area contributed by atoms with E-state index in [0.717, 1.165) is 28.6 Å². The van der Waals surface area contributed by atoms with Crippen molar-refractivity contribution in [1.82, 2.24) is 4.98 Å². The Morgan fingerprint density at radius 1 is 1.03 bits per heavy atom. The van der Waals surface area contributed by atoms with E-state index in [0.29, 0.717) is 11.5 Å². The molecule has 0 bridgehead atoms. The average molecular weight is 473 g/mol. The van der Waals surface area contributed by atoms with Crippen LogP contribution < -0.4 is 4.90 Å². The van der Waals surface area contributed by atoms with Crippen LogP contribution in [-0.2, 0) is 24.6 Å². The largest absolute Gasteiger partial charge is 0.437 e. The first-order valence-electron chi connectivity index (χ1n) is 10.7. The minimum Gasteiger partial charge on any atom is -0.437 e. The monoisotopic (exact) mass is 472 g/mol. The smallest absolute Gasteiger partial charge is 0.264 e. The molecule has 0 atom stereocenters. The number of benzene rings is 2. The van der Waals surface area contributed by atoms with Crippen LogP contribution in [-0.4, -0.2) is 46.0 Å². The van der Waals surface area contributed by atoms with Crippen LogP contribution in [0.3, 0.4) is 0 Å². The molecule has 7 nitrogen and oxygen atoms in total. The van der Waals surface area contributed by atoms with E-state index in [2.05, 4.69) is 22.0 Å². The maximum atomic E-state index is 11.5. The van der Waals surface area contributed by atoms with Crippen molar-refractivity contribution in [3.05, 3.63) is 59.5 Å². The number of hydrogen-bond donors (Lipinski definition) is 0. The SMILES string of the molecule is CN(C)c1ccc(/C=C/c2nc3ccc(C(C)(C)OCC(C)(C)OS(C)(=O)=O)cc3o2)cc1. The van der Waals surface area contributed by atoms with Crippen LogP contribution in [0.1, 0.15) is 44.7 Å². The van der Waals surface area contributed by atoms with Gasteiger partial charge in [-0.1, -0.05) is 18.2 Å². The van der Waals surface area contributed by atoms with E-state index in [-0.39, 0.29) is 6.61 Å². The van der Waals surface area contributed by atoms with E-state index in [4.69, 9.17) is 13.3 Å². The topological polar surface area (TPSA) is 81.9 Å². The van der Waals surface area contributed by atoms with Gasteiger partial charge < -0.3 is 14.1 Å². The molecule has 8 heteroatoms. The quantitative estimate of drug-likeness (QED) is 0.402. The van der Waals surface area contributed by atoms with E-state index in [1.54, 1.807) is 13.8 Å². The van der Waals surface area contributed by atoms with Crippen LogP contribution in [0.4, 0.5) is 5.69 Å². The molecule has 0 aliphatic rings. The number of oxazole rings is 1. The molecule has 0 saturated carbocycles. The Bertz CT molecular complexity index is 1240. The summed E-state index contributed by atoms with van der Waals surface area (Å²) in [6.07, 6.45) is 4.83. The molecule has 0 amide bonds. The zero-order chi connectivity index (χ0) is 24.4. The third kappa shape index (κ3) is 6.90. The highest BCUT2D eigenvalue weighted by molar-refractivity contribution is 7.86. The number of ether oxygens (including phenoxy) is 1. The Labute approximate surface area is 196 Å². The van der Waals surface area contributed by atoms with Crippen molar-refractivity contribution in [2.75, 3.05) is 31.9 Å². The lowest BCUT2D eigenvalue weighted by molar-refractivity contribution is -0.0828. The normalized spacial score (nSPS) is 13.2. The standard InChI is InChI=1S/C25H32N2O5S/c1-24(2,32-33(7,28)29)17-30-25(3,4)19-11-14-21-22(16-19)31-23(26-21)15-10-18-8-12-20(13-9-18)27(5)6/h8-16H,17H2,1-7H3/b15-10+. The zero-order valence-corrected chi connectivity index (χ0v) is 21.1. The lowest BCUT2D eigenvalue weighted by atomic mass is 9.97. The molecule has 3 aromatic rings. The van der Waals surface area contributed by atoms with Gasteiger partial charge in [0, 0.05) is 25.9 Å². The van der Waals surface area contributed by atoms with Gasteiger partial charge in [0.1, 0.15) is 11.1 Å². The van der Waals surface area contributed by atoms with E-state index in [1.807, 2.05) is 70.4 Å². The van der Waals surface area contributed by atoms with Gasteiger partial charge in [-0.2, -0.15) is 8.42 Å². The van der Waals surface area contributed by atoms with Crippen LogP contribution in [0.25, 0.3) is 23.3 Å². The molecule has 0 radical (unpaired) electrons. The summed E-state index contributed by atoms with van der Waals surface area (Å²) < 4.78 is 40.0. The van der Waals surface area contributed by atoms with Gasteiger partial charge in [0.2, 0.25) is 5.89 Å². The molecule has 2 aromatic carbocycles. The van der Waals surface area contributed by atoms with E-state index < -0.39 is 21.3 Å². The lowest BCUT2D eigenvalue weighted by Crippen LogP contribution is -2.37. The number of aromatic nitrogens is 1. The first-order valence-corrected chi connectivity index (χ1v) is 12.5. The summed E-state index contributed by atoms with van der Waals surface area (Å²) in [7, 11) is 0.432. The Hall–Kier alpha value is -2.68. The van der Waals surface area contributed by atoms with Crippen molar-refractivity contribution in [3.8, 4) is 0 Å². The van der Waals surface area contributed by atoms with E-state index in [1.165, 1.54) is 0 Å². The fraction of sp³-hybridized carbons (Fsp3) is 0.400. The molecule has 1 aromatic heterocycles. The Balaban J connectivity index is 1.74. The molecule has 3 rings (SSSR count). The average Bonchev–Trinajstić information content (AvgIpc) is 3.12. The minimum absolute atomic E-state index is 0.0993. The number of fused-ring (bicyclic) bond motifs is 1. The van der Waals surface area contributed by atoms with Crippen molar-refractivity contribution >= 4 is 39.1 Å². The molecular formula is C25H32N2O5S. The second-order valence-electron chi connectivity index (χ2n) is 9.40. The predicted molar refractivity (Wildman–Crippen MR) is 133 cm³/mol. The van der Waals surface area contributed by atoms with Crippen molar-refractivity contribution < 1.29 is 21.8 Å². The van der Waals surface area contributed by atoms with Crippen molar-refractivity contribution in [3.63, 3.8) is 0 Å². The van der Waals surface area contributed by atoms with E-state index >= 15 is 0 Å². The van der Waals surface area contributed by atoms with Gasteiger partial charge in [-0.25, -0.2) is 4.98 Å².